The minimum Gasteiger partial charge on any atom is -0.490 e. The fourth-order valence-electron chi connectivity index (χ4n) is 2.58. The second kappa shape index (κ2) is 8.20. The molecule has 0 aliphatic heterocycles. The summed E-state index contributed by atoms with van der Waals surface area (Å²) in [5.41, 5.74) is 2.94. The number of Topliss-reactive ketones (excluding diaryl/α,β-unsaturated/α-hetero) is 1. The summed E-state index contributed by atoms with van der Waals surface area (Å²) in [4.78, 5) is 12.3. The normalized spacial score (nSPS) is 10.8. The van der Waals surface area contributed by atoms with Crippen LogP contribution >= 0.6 is 11.8 Å². The maximum atomic E-state index is 13.4. The van der Waals surface area contributed by atoms with Gasteiger partial charge in [-0.15, -0.1) is 0 Å². The van der Waals surface area contributed by atoms with E-state index in [-0.39, 0.29) is 17.3 Å². The average Bonchev–Trinajstić information content (AvgIpc) is 2.82. The number of thioether (sulfide) groups is 1. The Morgan fingerprint density at radius 3 is 2.70 bits per heavy atom. The molecule has 0 atom stereocenters. The second-order valence-electron chi connectivity index (χ2n) is 5.28. The highest BCUT2D eigenvalue weighted by atomic mass is 32.2. The minimum atomic E-state index is -0.361. The monoisotopic (exact) mass is 335 g/mol. The number of halogens is 1. The van der Waals surface area contributed by atoms with Crippen LogP contribution in [0.2, 0.25) is 0 Å². The Labute approximate surface area is 140 Å². The van der Waals surface area contributed by atoms with E-state index in [9.17, 15) is 9.18 Å². The third-order valence-corrected chi connectivity index (χ3v) is 4.67. The van der Waals surface area contributed by atoms with E-state index in [0.29, 0.717) is 18.1 Å². The zero-order valence-electron chi connectivity index (χ0n) is 13.8. The van der Waals surface area contributed by atoms with Gasteiger partial charge in [-0.25, -0.2) is 4.39 Å². The van der Waals surface area contributed by atoms with Crippen molar-refractivity contribution in [2.45, 2.75) is 27.3 Å². The third-order valence-electron chi connectivity index (χ3n) is 3.75. The van der Waals surface area contributed by atoms with Crippen molar-refractivity contribution in [2.75, 3.05) is 18.1 Å². The zero-order valence-corrected chi connectivity index (χ0v) is 14.6. The molecule has 5 heteroatoms. The van der Waals surface area contributed by atoms with E-state index in [1.165, 1.54) is 17.8 Å². The number of carbonyl (C=O) groups is 1. The number of aromatic nitrogens is 1. The molecule has 0 aliphatic rings. The van der Waals surface area contributed by atoms with Crippen LogP contribution in [0.5, 0.6) is 5.75 Å². The number of benzene rings is 1. The summed E-state index contributed by atoms with van der Waals surface area (Å²) in [7, 11) is 0. The molecule has 0 bridgehead atoms. The van der Waals surface area contributed by atoms with Crippen molar-refractivity contribution in [3.63, 3.8) is 0 Å². The summed E-state index contributed by atoms with van der Waals surface area (Å²) in [5.74, 6) is 1.08. The van der Waals surface area contributed by atoms with E-state index < -0.39 is 0 Å². The summed E-state index contributed by atoms with van der Waals surface area (Å²) in [6, 6.07) is 8.29. The Kier molecular flexibility index (Phi) is 6.28. The molecule has 0 fully saturated rings. The predicted molar refractivity (Wildman–Crippen MR) is 93.1 cm³/mol. The van der Waals surface area contributed by atoms with Crippen LogP contribution in [0.3, 0.4) is 0 Å². The van der Waals surface area contributed by atoms with Gasteiger partial charge in [0.05, 0.1) is 12.4 Å². The Hall–Kier alpha value is -1.75. The highest BCUT2D eigenvalue weighted by molar-refractivity contribution is 8.00. The molecule has 2 rings (SSSR count). The Bertz CT molecular complexity index is 682. The van der Waals surface area contributed by atoms with Crippen molar-refractivity contribution in [1.29, 1.82) is 0 Å². The van der Waals surface area contributed by atoms with Gasteiger partial charge in [0, 0.05) is 29.2 Å². The predicted octanol–water partition coefficient (Wildman–Crippen LogP) is 4.26. The summed E-state index contributed by atoms with van der Waals surface area (Å²) in [6.45, 7) is 7.32. The van der Waals surface area contributed by atoms with Crippen LogP contribution < -0.4 is 4.74 Å². The van der Waals surface area contributed by atoms with Gasteiger partial charge < -0.3 is 9.30 Å². The molecule has 1 aromatic heterocycles. The second-order valence-corrected chi connectivity index (χ2v) is 6.39. The number of rotatable bonds is 8. The first-order chi connectivity index (χ1) is 11.0. The molecule has 1 aromatic carbocycles. The number of ether oxygens (including phenoxy) is 1. The van der Waals surface area contributed by atoms with Gasteiger partial charge in [-0.05, 0) is 39.0 Å². The van der Waals surface area contributed by atoms with Gasteiger partial charge in [0.2, 0.25) is 0 Å². The van der Waals surface area contributed by atoms with Crippen LogP contribution in [0.25, 0.3) is 0 Å². The lowest BCUT2D eigenvalue weighted by Gasteiger charge is -2.07. The first kappa shape index (κ1) is 17.6. The lowest BCUT2D eigenvalue weighted by atomic mass is 10.2. The third kappa shape index (κ3) is 4.38. The number of aryl methyl sites for hydroxylation is 1. The lowest BCUT2D eigenvalue weighted by Crippen LogP contribution is -2.08. The molecule has 0 unspecified atom stereocenters. The van der Waals surface area contributed by atoms with Gasteiger partial charge in [-0.2, -0.15) is 11.8 Å². The minimum absolute atomic E-state index is 0.133. The van der Waals surface area contributed by atoms with Crippen LogP contribution in [0.4, 0.5) is 4.39 Å². The van der Waals surface area contributed by atoms with Gasteiger partial charge in [0.25, 0.3) is 0 Å². The Morgan fingerprint density at radius 2 is 2.04 bits per heavy atom. The summed E-state index contributed by atoms with van der Waals surface area (Å²) in [6.07, 6.45) is 0. The molecule has 0 saturated heterocycles. The lowest BCUT2D eigenvalue weighted by molar-refractivity contribution is 0.102. The van der Waals surface area contributed by atoms with E-state index in [2.05, 4.69) is 11.5 Å². The van der Waals surface area contributed by atoms with Crippen LogP contribution in [0.15, 0.2) is 30.3 Å². The molecule has 0 saturated carbocycles. The number of para-hydroxylation sites is 1. The quantitative estimate of drug-likeness (QED) is 0.533. The Balaban J connectivity index is 1.78. The standard InChI is InChI=1S/C18H22FNO2S/c1-4-20-13(2)11-15(14(20)3)17(21)12-23-10-9-22-18-8-6-5-7-16(18)19/h5-8,11H,4,9-10,12H2,1-3H3. The molecule has 0 radical (unpaired) electrons. The van der Waals surface area contributed by atoms with Crippen molar-refractivity contribution in [3.8, 4) is 5.75 Å². The van der Waals surface area contributed by atoms with E-state index >= 15 is 0 Å². The molecule has 23 heavy (non-hydrogen) atoms. The number of hydrogen-bond donors (Lipinski definition) is 0. The van der Waals surface area contributed by atoms with Crippen LogP contribution in [-0.2, 0) is 6.54 Å². The Morgan fingerprint density at radius 1 is 1.30 bits per heavy atom. The fraction of sp³-hybridized carbons (Fsp3) is 0.389. The first-order valence-corrected chi connectivity index (χ1v) is 8.85. The fourth-order valence-corrected chi connectivity index (χ4v) is 3.27. The number of carbonyl (C=O) groups excluding carboxylic acids is 1. The van der Waals surface area contributed by atoms with E-state index in [1.54, 1.807) is 18.2 Å². The van der Waals surface area contributed by atoms with Gasteiger partial charge in [0.1, 0.15) is 0 Å². The van der Waals surface area contributed by atoms with Crippen molar-refractivity contribution in [2.24, 2.45) is 0 Å². The van der Waals surface area contributed by atoms with Crippen LogP contribution in [-0.4, -0.2) is 28.5 Å². The van der Waals surface area contributed by atoms with Crippen LogP contribution in [0, 0.1) is 19.7 Å². The number of ketones is 1. The van der Waals surface area contributed by atoms with Gasteiger partial charge in [-0.1, -0.05) is 12.1 Å². The SMILES string of the molecule is CCn1c(C)cc(C(=O)CSCCOc2ccccc2F)c1C. The molecule has 1 heterocycles. The van der Waals surface area contributed by atoms with E-state index in [0.717, 1.165) is 23.5 Å². The van der Waals surface area contributed by atoms with Gasteiger partial charge in [-0.3, -0.25) is 4.79 Å². The van der Waals surface area contributed by atoms with Crippen molar-refractivity contribution < 1.29 is 13.9 Å². The average molecular weight is 335 g/mol. The molecular weight excluding hydrogens is 313 g/mol. The molecule has 0 N–H and O–H groups in total. The van der Waals surface area contributed by atoms with Gasteiger partial charge in [0.15, 0.2) is 17.3 Å². The van der Waals surface area contributed by atoms with Crippen molar-refractivity contribution >= 4 is 17.5 Å². The van der Waals surface area contributed by atoms with Gasteiger partial charge >= 0.3 is 0 Å². The van der Waals surface area contributed by atoms with Crippen LogP contribution in [0.1, 0.15) is 28.7 Å². The maximum absolute atomic E-state index is 13.4. The summed E-state index contributed by atoms with van der Waals surface area (Å²) >= 11 is 1.51. The highest BCUT2D eigenvalue weighted by Crippen LogP contribution is 2.18. The summed E-state index contributed by atoms with van der Waals surface area (Å²) < 4.78 is 20.9. The first-order valence-electron chi connectivity index (χ1n) is 7.69. The highest BCUT2D eigenvalue weighted by Gasteiger charge is 2.14. The molecule has 2 aromatic rings. The van der Waals surface area contributed by atoms with Crippen molar-refractivity contribution in [1.82, 2.24) is 4.57 Å². The number of hydrogen-bond acceptors (Lipinski definition) is 3. The number of nitrogens with zero attached hydrogens (tertiary/aromatic N) is 1. The largest absolute Gasteiger partial charge is 0.490 e. The molecule has 124 valence electrons. The smallest absolute Gasteiger partial charge is 0.174 e. The molecule has 0 amide bonds. The van der Waals surface area contributed by atoms with Crippen molar-refractivity contribution in [3.05, 3.63) is 53.1 Å². The molecule has 0 spiro atoms. The zero-order chi connectivity index (χ0) is 16.8. The molecule has 0 aliphatic carbocycles. The van der Waals surface area contributed by atoms with E-state index in [4.69, 9.17) is 4.74 Å². The summed E-state index contributed by atoms with van der Waals surface area (Å²) in [5, 5.41) is 0. The molecule has 3 nitrogen and oxygen atoms in total. The maximum Gasteiger partial charge on any atom is 0.174 e. The topological polar surface area (TPSA) is 31.2 Å². The van der Waals surface area contributed by atoms with E-state index in [1.807, 2.05) is 19.9 Å². The molecular formula is C18H22FNO2S.